The average molecular weight is 438 g/mol. The van der Waals surface area contributed by atoms with Crippen molar-refractivity contribution in [3.8, 4) is 0 Å². The topological polar surface area (TPSA) is 76.2 Å². The summed E-state index contributed by atoms with van der Waals surface area (Å²) < 4.78 is 28.8. The Morgan fingerprint density at radius 3 is 2.50 bits per heavy atom. The first kappa shape index (κ1) is 23.0. The van der Waals surface area contributed by atoms with Crippen LogP contribution in [0.3, 0.4) is 0 Å². The number of nitrogens with zero attached hydrogens (tertiary/aromatic N) is 4. The first-order valence-corrected chi connectivity index (χ1v) is 12.1. The number of carbonyl (C=O) groups excluding carboxylic acids is 1. The Morgan fingerprint density at radius 2 is 1.87 bits per heavy atom. The predicted molar refractivity (Wildman–Crippen MR) is 120 cm³/mol. The average Bonchev–Trinajstić information content (AvgIpc) is 3.36. The molecule has 0 saturated carbocycles. The van der Waals surface area contributed by atoms with Crippen LogP contribution in [0.2, 0.25) is 0 Å². The van der Waals surface area contributed by atoms with E-state index in [4.69, 9.17) is 0 Å². The van der Waals surface area contributed by atoms with Crippen LogP contribution in [0.4, 0.5) is 10.5 Å². The lowest BCUT2D eigenvalue weighted by molar-refractivity contribution is 0.214. The standard InChI is InChI=1S/C21H35N5O3S/c1-17-7-8-20(18(2)15-17)22-21(27)25-12-9-19(16-25)26(30(28,29)23(3)4)14-13-24-10-5-6-11-24/h7-8,15,19H,5-6,9-14,16H2,1-4H3,(H,22,27). The molecule has 8 nitrogen and oxygen atoms in total. The predicted octanol–water partition coefficient (Wildman–Crippen LogP) is 2.11. The molecule has 0 aliphatic carbocycles. The van der Waals surface area contributed by atoms with Gasteiger partial charge in [0.05, 0.1) is 0 Å². The first-order chi connectivity index (χ1) is 14.2. The van der Waals surface area contributed by atoms with E-state index in [2.05, 4.69) is 10.2 Å². The van der Waals surface area contributed by atoms with Gasteiger partial charge in [-0.1, -0.05) is 17.7 Å². The van der Waals surface area contributed by atoms with Gasteiger partial charge in [0.15, 0.2) is 0 Å². The van der Waals surface area contributed by atoms with Crippen molar-refractivity contribution in [1.29, 1.82) is 0 Å². The van der Waals surface area contributed by atoms with Crippen LogP contribution in [0.25, 0.3) is 0 Å². The molecular weight excluding hydrogens is 402 g/mol. The van der Waals surface area contributed by atoms with E-state index in [1.54, 1.807) is 23.3 Å². The number of hydrogen-bond acceptors (Lipinski definition) is 4. The third kappa shape index (κ3) is 5.32. The normalized spacial score (nSPS) is 20.5. The SMILES string of the molecule is Cc1ccc(NC(=O)N2CCC(N(CCN3CCCC3)S(=O)(=O)N(C)C)C2)c(C)c1. The third-order valence-corrected chi connectivity index (χ3v) is 8.07. The molecule has 1 aromatic carbocycles. The molecule has 1 unspecified atom stereocenters. The molecule has 168 valence electrons. The van der Waals surface area contributed by atoms with E-state index in [1.165, 1.54) is 17.1 Å². The van der Waals surface area contributed by atoms with Crippen LogP contribution in [0.15, 0.2) is 18.2 Å². The van der Waals surface area contributed by atoms with Crippen molar-refractivity contribution >= 4 is 21.9 Å². The van der Waals surface area contributed by atoms with Crippen LogP contribution in [0, 0.1) is 13.8 Å². The molecule has 2 heterocycles. The van der Waals surface area contributed by atoms with E-state index in [1.807, 2.05) is 32.0 Å². The van der Waals surface area contributed by atoms with Gasteiger partial charge in [-0.05, 0) is 57.8 Å². The minimum Gasteiger partial charge on any atom is -0.323 e. The highest BCUT2D eigenvalue weighted by Gasteiger charge is 2.37. The molecule has 0 aromatic heterocycles. The fourth-order valence-corrected chi connectivity index (χ4v) is 5.53. The lowest BCUT2D eigenvalue weighted by atomic mass is 10.1. The summed E-state index contributed by atoms with van der Waals surface area (Å²) in [6, 6.07) is 5.54. The van der Waals surface area contributed by atoms with Gasteiger partial charge in [0.25, 0.3) is 10.2 Å². The number of carbonyl (C=O) groups is 1. The summed E-state index contributed by atoms with van der Waals surface area (Å²) in [4.78, 5) is 16.8. The summed E-state index contributed by atoms with van der Waals surface area (Å²) in [5.74, 6) is 0. The highest BCUT2D eigenvalue weighted by molar-refractivity contribution is 7.86. The van der Waals surface area contributed by atoms with Crippen LogP contribution < -0.4 is 5.32 Å². The molecular formula is C21H35N5O3S. The van der Waals surface area contributed by atoms with E-state index in [0.29, 0.717) is 26.1 Å². The van der Waals surface area contributed by atoms with Crippen molar-refractivity contribution in [3.63, 3.8) is 0 Å². The quantitative estimate of drug-likeness (QED) is 0.709. The second-order valence-corrected chi connectivity index (χ2v) is 10.7. The smallest absolute Gasteiger partial charge is 0.321 e. The highest BCUT2D eigenvalue weighted by Crippen LogP contribution is 2.23. The van der Waals surface area contributed by atoms with Crippen LogP contribution in [-0.2, 0) is 10.2 Å². The fraction of sp³-hybridized carbons (Fsp3) is 0.667. The van der Waals surface area contributed by atoms with Crippen LogP contribution in [0.5, 0.6) is 0 Å². The van der Waals surface area contributed by atoms with Crippen molar-refractivity contribution in [2.24, 2.45) is 0 Å². The molecule has 30 heavy (non-hydrogen) atoms. The fourth-order valence-electron chi connectivity index (χ4n) is 4.25. The molecule has 3 rings (SSSR count). The Balaban J connectivity index is 1.66. The van der Waals surface area contributed by atoms with Crippen molar-refractivity contribution in [2.75, 3.05) is 58.7 Å². The molecule has 0 bridgehead atoms. The maximum absolute atomic E-state index is 13.0. The van der Waals surface area contributed by atoms with Gasteiger partial charge in [-0.2, -0.15) is 17.0 Å². The monoisotopic (exact) mass is 437 g/mol. The molecule has 2 aliphatic rings. The Morgan fingerprint density at radius 1 is 1.17 bits per heavy atom. The van der Waals surface area contributed by atoms with E-state index in [0.717, 1.165) is 36.4 Å². The number of nitrogens with one attached hydrogen (secondary N) is 1. The first-order valence-electron chi connectivity index (χ1n) is 10.7. The van der Waals surface area contributed by atoms with Crippen LogP contribution in [0.1, 0.15) is 30.4 Å². The number of hydrogen-bond donors (Lipinski definition) is 1. The van der Waals surface area contributed by atoms with Crippen molar-refractivity contribution in [2.45, 2.75) is 39.2 Å². The molecule has 2 saturated heterocycles. The summed E-state index contributed by atoms with van der Waals surface area (Å²) in [7, 11) is -0.417. The number of amides is 2. The van der Waals surface area contributed by atoms with Gasteiger partial charge < -0.3 is 15.1 Å². The third-order valence-electron chi connectivity index (χ3n) is 6.07. The molecule has 2 fully saturated rings. The largest absolute Gasteiger partial charge is 0.323 e. The highest BCUT2D eigenvalue weighted by atomic mass is 32.2. The molecule has 2 amide bonds. The zero-order valence-electron chi connectivity index (χ0n) is 18.6. The second-order valence-electron chi connectivity index (χ2n) is 8.59. The number of rotatable bonds is 7. The van der Waals surface area contributed by atoms with E-state index < -0.39 is 10.2 Å². The van der Waals surface area contributed by atoms with Crippen LogP contribution >= 0.6 is 0 Å². The van der Waals surface area contributed by atoms with Gasteiger partial charge >= 0.3 is 6.03 Å². The Labute approximate surface area is 181 Å². The molecule has 2 aliphatic heterocycles. The van der Waals surface area contributed by atoms with Gasteiger partial charge in [-0.3, -0.25) is 0 Å². The number of urea groups is 1. The number of likely N-dealkylation sites (tertiary alicyclic amines) is 2. The Hall–Kier alpha value is -1.68. The Bertz CT molecular complexity index is 852. The second kappa shape index (κ2) is 9.64. The summed E-state index contributed by atoms with van der Waals surface area (Å²) in [6.45, 7) is 8.20. The lowest BCUT2D eigenvalue weighted by Gasteiger charge is -2.32. The van der Waals surface area contributed by atoms with Gasteiger partial charge in [0.1, 0.15) is 0 Å². The minimum absolute atomic E-state index is 0.175. The molecule has 0 spiro atoms. The zero-order chi connectivity index (χ0) is 21.9. The van der Waals surface area contributed by atoms with E-state index >= 15 is 0 Å². The van der Waals surface area contributed by atoms with E-state index in [9.17, 15) is 13.2 Å². The zero-order valence-corrected chi connectivity index (χ0v) is 19.4. The van der Waals surface area contributed by atoms with Crippen LogP contribution in [-0.4, -0.2) is 92.3 Å². The van der Waals surface area contributed by atoms with Gasteiger partial charge in [0, 0.05) is 52.0 Å². The molecule has 0 radical (unpaired) electrons. The molecule has 1 aromatic rings. The summed E-state index contributed by atoms with van der Waals surface area (Å²) in [5, 5.41) is 2.98. The van der Waals surface area contributed by atoms with Crippen molar-refractivity contribution < 1.29 is 13.2 Å². The van der Waals surface area contributed by atoms with E-state index in [-0.39, 0.29) is 12.1 Å². The molecule has 1 N–H and O–H groups in total. The molecule has 9 heteroatoms. The van der Waals surface area contributed by atoms with Gasteiger partial charge in [0.2, 0.25) is 0 Å². The summed E-state index contributed by atoms with van der Waals surface area (Å²) in [5.41, 5.74) is 2.96. The van der Waals surface area contributed by atoms with Gasteiger partial charge in [-0.15, -0.1) is 0 Å². The van der Waals surface area contributed by atoms with Crippen molar-refractivity contribution in [1.82, 2.24) is 18.4 Å². The number of anilines is 1. The number of aryl methyl sites for hydroxylation is 2. The number of benzene rings is 1. The maximum Gasteiger partial charge on any atom is 0.321 e. The van der Waals surface area contributed by atoms with Crippen molar-refractivity contribution in [3.05, 3.63) is 29.3 Å². The van der Waals surface area contributed by atoms with Gasteiger partial charge in [-0.25, -0.2) is 4.79 Å². The minimum atomic E-state index is -3.55. The summed E-state index contributed by atoms with van der Waals surface area (Å²) >= 11 is 0. The maximum atomic E-state index is 13.0. The molecule has 1 atom stereocenters. The Kier molecular flexibility index (Phi) is 7.38. The lowest BCUT2D eigenvalue weighted by Crippen LogP contribution is -2.50. The summed E-state index contributed by atoms with van der Waals surface area (Å²) in [6.07, 6.45) is 3.00.